The van der Waals surface area contributed by atoms with Gasteiger partial charge in [0.05, 0.1) is 19.1 Å². The third kappa shape index (κ3) is 5.70. The number of nitrogens with zero attached hydrogens (tertiary/aromatic N) is 2. The van der Waals surface area contributed by atoms with Crippen molar-refractivity contribution in [3.8, 4) is 22.4 Å². The minimum atomic E-state index is 0.421. The summed E-state index contributed by atoms with van der Waals surface area (Å²) in [6.07, 6.45) is 2.64. The Morgan fingerprint density at radius 3 is 2.58 bits per heavy atom. The Hall–Kier alpha value is -2.95. The molecule has 4 aromatic rings. The number of aromatic nitrogens is 2. The second-order valence-corrected chi connectivity index (χ2v) is 8.40. The van der Waals surface area contributed by atoms with E-state index in [1.54, 1.807) is 32.5 Å². The van der Waals surface area contributed by atoms with E-state index in [4.69, 9.17) is 24.5 Å². The van der Waals surface area contributed by atoms with Crippen molar-refractivity contribution in [3.05, 3.63) is 47.0 Å². The summed E-state index contributed by atoms with van der Waals surface area (Å²) < 4.78 is 25.7. The normalized spacial score (nSPS) is 10.5. The van der Waals surface area contributed by atoms with Crippen LogP contribution in [0.4, 0.5) is 5.82 Å². The van der Waals surface area contributed by atoms with Crippen LogP contribution in [-0.2, 0) is 13.0 Å². The van der Waals surface area contributed by atoms with Crippen LogP contribution in [0.5, 0.6) is 22.4 Å². The summed E-state index contributed by atoms with van der Waals surface area (Å²) >= 11 is 2.79. The fourth-order valence-electron chi connectivity index (χ4n) is 2.96. The second kappa shape index (κ2) is 11.8. The molecule has 0 saturated heterocycles. The van der Waals surface area contributed by atoms with Crippen LogP contribution in [0.1, 0.15) is 31.2 Å². The number of hydrogen-bond donors (Lipinski definition) is 2. The van der Waals surface area contributed by atoms with E-state index in [1.165, 1.54) is 28.8 Å². The quantitative estimate of drug-likeness (QED) is 0.264. The molecule has 0 saturated carbocycles. The Morgan fingerprint density at radius 1 is 1.12 bits per heavy atom. The zero-order chi connectivity index (χ0) is 23.8. The molecule has 3 N–H and O–H groups in total. The Kier molecular flexibility index (Phi) is 8.81. The van der Waals surface area contributed by atoms with Gasteiger partial charge in [0.2, 0.25) is 0 Å². The highest BCUT2D eigenvalue weighted by molar-refractivity contribution is 8.00. The Bertz CT molecular complexity index is 1190. The lowest BCUT2D eigenvalue weighted by molar-refractivity contribution is 0.404. The molecule has 2 heterocycles. The van der Waals surface area contributed by atoms with Crippen molar-refractivity contribution in [1.29, 1.82) is 0 Å². The van der Waals surface area contributed by atoms with Gasteiger partial charge in [-0.05, 0) is 36.1 Å². The fourth-order valence-corrected chi connectivity index (χ4v) is 4.42. The Balaban J connectivity index is 0.00000149. The van der Waals surface area contributed by atoms with Crippen molar-refractivity contribution in [2.24, 2.45) is 5.73 Å². The standard InChI is InChI=1S/C21H22N4O4S2.C2H6/c1-4-12-5-6-15(26-2)18(7-12)31-25-20-19-16(27-3)8-13(9-17(19)29-24-20)28-21-23-11-14(10-22)30-21;1-2/h5-9,11H,4,10,22H2,1-3H3,(H,24,25);1-2H3. The van der Waals surface area contributed by atoms with Crippen LogP contribution in [0.25, 0.3) is 11.0 Å². The molecule has 33 heavy (non-hydrogen) atoms. The molecule has 0 fully saturated rings. The molecule has 0 spiro atoms. The Morgan fingerprint density at radius 2 is 1.91 bits per heavy atom. The number of hydrogen-bond acceptors (Lipinski definition) is 10. The molecular formula is C23H28N4O4S2. The summed E-state index contributed by atoms with van der Waals surface area (Å²) in [5.74, 6) is 2.44. The summed E-state index contributed by atoms with van der Waals surface area (Å²) in [5, 5.41) is 5.39. The van der Waals surface area contributed by atoms with E-state index in [0.29, 0.717) is 34.6 Å². The van der Waals surface area contributed by atoms with E-state index in [-0.39, 0.29) is 0 Å². The molecule has 0 aliphatic rings. The maximum absolute atomic E-state index is 5.85. The number of aryl methyl sites for hydroxylation is 1. The molecule has 2 aromatic carbocycles. The lowest BCUT2D eigenvalue weighted by atomic mass is 10.2. The summed E-state index contributed by atoms with van der Waals surface area (Å²) in [6.45, 7) is 6.53. The summed E-state index contributed by atoms with van der Waals surface area (Å²) in [7, 11) is 3.24. The first kappa shape index (κ1) is 24.7. The van der Waals surface area contributed by atoms with Crippen LogP contribution in [0.2, 0.25) is 0 Å². The summed E-state index contributed by atoms with van der Waals surface area (Å²) in [5.41, 5.74) is 7.39. The zero-order valence-electron chi connectivity index (χ0n) is 19.3. The molecule has 0 aliphatic carbocycles. The van der Waals surface area contributed by atoms with Crippen molar-refractivity contribution < 1.29 is 18.7 Å². The van der Waals surface area contributed by atoms with Gasteiger partial charge >= 0.3 is 0 Å². The fraction of sp³-hybridized carbons (Fsp3) is 0.304. The molecule has 0 bridgehead atoms. The number of thiazole rings is 1. The topological polar surface area (TPSA) is 105 Å². The number of anilines is 1. The van der Waals surface area contributed by atoms with Crippen molar-refractivity contribution in [2.45, 2.75) is 38.6 Å². The monoisotopic (exact) mass is 488 g/mol. The molecule has 0 radical (unpaired) electrons. The van der Waals surface area contributed by atoms with Crippen molar-refractivity contribution >= 4 is 40.1 Å². The first-order chi connectivity index (χ1) is 16.1. The zero-order valence-corrected chi connectivity index (χ0v) is 20.9. The highest BCUT2D eigenvalue weighted by Crippen LogP contribution is 2.40. The molecule has 2 aromatic heterocycles. The minimum absolute atomic E-state index is 0.421. The average molecular weight is 489 g/mol. The smallest absolute Gasteiger partial charge is 0.278 e. The first-order valence-corrected chi connectivity index (χ1v) is 12.2. The molecule has 0 aliphatic heterocycles. The van der Waals surface area contributed by atoms with E-state index in [2.05, 4.69) is 33.9 Å². The van der Waals surface area contributed by atoms with Gasteiger partial charge in [-0.2, -0.15) is 0 Å². The molecule has 0 amide bonds. The SMILES string of the molecule is CC.CCc1ccc(OC)c(SNc2noc3cc(Oc4ncc(CN)s4)cc(OC)c23)c1. The lowest BCUT2D eigenvalue weighted by Gasteiger charge is -2.10. The average Bonchev–Trinajstić information content (AvgIpc) is 3.50. The van der Waals surface area contributed by atoms with Gasteiger partial charge in [-0.3, -0.25) is 0 Å². The number of rotatable bonds is 9. The molecule has 176 valence electrons. The molecule has 0 unspecified atom stereocenters. The van der Waals surface area contributed by atoms with Gasteiger partial charge in [-0.1, -0.05) is 43.3 Å². The number of methoxy groups -OCH3 is 2. The molecule has 4 rings (SSSR count). The van der Waals surface area contributed by atoms with Crippen LogP contribution < -0.4 is 24.7 Å². The molecule has 0 atom stereocenters. The molecule has 8 nitrogen and oxygen atoms in total. The number of benzene rings is 2. The lowest BCUT2D eigenvalue weighted by Crippen LogP contribution is -1.94. The van der Waals surface area contributed by atoms with E-state index in [1.807, 2.05) is 19.9 Å². The van der Waals surface area contributed by atoms with Gasteiger partial charge in [0.25, 0.3) is 5.19 Å². The summed E-state index contributed by atoms with van der Waals surface area (Å²) in [4.78, 5) is 6.11. The predicted molar refractivity (Wildman–Crippen MR) is 134 cm³/mol. The van der Waals surface area contributed by atoms with E-state index in [9.17, 15) is 0 Å². The van der Waals surface area contributed by atoms with Crippen LogP contribution in [-0.4, -0.2) is 24.4 Å². The van der Waals surface area contributed by atoms with E-state index >= 15 is 0 Å². The van der Waals surface area contributed by atoms with Gasteiger partial charge in [0.1, 0.15) is 22.6 Å². The molecular weight excluding hydrogens is 460 g/mol. The van der Waals surface area contributed by atoms with Gasteiger partial charge in [-0.25, -0.2) is 4.98 Å². The highest BCUT2D eigenvalue weighted by atomic mass is 32.2. The Labute approximate surface area is 201 Å². The van der Waals surface area contributed by atoms with Crippen LogP contribution in [0, 0.1) is 0 Å². The highest BCUT2D eigenvalue weighted by Gasteiger charge is 2.18. The number of nitrogens with two attached hydrogens (primary N) is 1. The van der Waals surface area contributed by atoms with Gasteiger partial charge in [-0.15, -0.1) is 0 Å². The first-order valence-electron chi connectivity index (χ1n) is 10.5. The van der Waals surface area contributed by atoms with Gasteiger partial charge < -0.3 is 29.2 Å². The largest absolute Gasteiger partial charge is 0.496 e. The van der Waals surface area contributed by atoms with Crippen molar-refractivity contribution in [1.82, 2.24) is 10.1 Å². The second-order valence-electron chi connectivity index (χ2n) is 6.47. The maximum Gasteiger partial charge on any atom is 0.278 e. The third-order valence-corrected chi connectivity index (χ3v) is 6.30. The van der Waals surface area contributed by atoms with Crippen molar-refractivity contribution in [3.63, 3.8) is 0 Å². The summed E-state index contributed by atoms with van der Waals surface area (Å²) in [6, 6.07) is 9.63. The maximum atomic E-state index is 5.85. The van der Waals surface area contributed by atoms with Crippen LogP contribution in [0.15, 0.2) is 45.9 Å². The number of fused-ring (bicyclic) bond motifs is 1. The van der Waals surface area contributed by atoms with Crippen LogP contribution >= 0.6 is 23.3 Å². The minimum Gasteiger partial charge on any atom is -0.496 e. The van der Waals surface area contributed by atoms with Crippen molar-refractivity contribution in [2.75, 3.05) is 18.9 Å². The van der Waals surface area contributed by atoms with E-state index in [0.717, 1.165) is 27.3 Å². The predicted octanol–water partition coefficient (Wildman–Crippen LogP) is 6.26. The van der Waals surface area contributed by atoms with Crippen LogP contribution in [0.3, 0.4) is 0 Å². The van der Waals surface area contributed by atoms with Gasteiger partial charge in [0.15, 0.2) is 11.4 Å². The third-order valence-electron chi connectivity index (χ3n) is 4.56. The number of ether oxygens (including phenoxy) is 3. The molecule has 10 heteroatoms. The van der Waals surface area contributed by atoms with E-state index < -0.39 is 0 Å². The van der Waals surface area contributed by atoms with Gasteiger partial charge in [0, 0.05) is 29.8 Å². The number of nitrogens with one attached hydrogen (secondary N) is 1.